The molecular weight excluding hydrogens is 264 g/mol. The lowest BCUT2D eigenvalue weighted by Crippen LogP contribution is -2.51. The summed E-state index contributed by atoms with van der Waals surface area (Å²) in [5, 5.41) is 5.25. The molecule has 2 rings (SSSR count). The van der Waals surface area contributed by atoms with Crippen molar-refractivity contribution < 1.29 is 13.6 Å². The smallest absolute Gasteiger partial charge is 0.271 e. The quantitative estimate of drug-likeness (QED) is 0.768. The number of aromatic amines is 1. The second-order valence-corrected chi connectivity index (χ2v) is 4.72. The fourth-order valence-corrected chi connectivity index (χ4v) is 2.09. The van der Waals surface area contributed by atoms with Gasteiger partial charge in [-0.05, 0) is 19.9 Å². The number of aryl methyl sites for hydroxylation is 1. The van der Waals surface area contributed by atoms with E-state index in [0.29, 0.717) is 18.7 Å². The normalized spacial score (nSPS) is 24.0. The van der Waals surface area contributed by atoms with Gasteiger partial charge >= 0.3 is 0 Å². The van der Waals surface area contributed by atoms with Crippen LogP contribution in [0.2, 0.25) is 5.02 Å². The predicted octanol–water partition coefficient (Wildman–Crippen LogP) is 1.55. The Morgan fingerprint density at radius 3 is 2.83 bits per heavy atom. The minimum Gasteiger partial charge on any atom is -0.351 e. The van der Waals surface area contributed by atoms with Gasteiger partial charge in [0.2, 0.25) is 0 Å². The molecule has 1 aliphatic rings. The van der Waals surface area contributed by atoms with Crippen LogP contribution in [0.5, 0.6) is 0 Å². The van der Waals surface area contributed by atoms with Gasteiger partial charge < -0.3 is 15.6 Å². The van der Waals surface area contributed by atoms with Crippen molar-refractivity contribution in [1.82, 2.24) is 15.6 Å². The van der Waals surface area contributed by atoms with Crippen LogP contribution in [-0.4, -0.2) is 36.2 Å². The third kappa shape index (κ3) is 2.49. The maximum absolute atomic E-state index is 13.6. The monoisotopic (exact) mass is 277 g/mol. The molecule has 0 saturated carbocycles. The van der Waals surface area contributed by atoms with Crippen LogP contribution in [0.15, 0.2) is 0 Å². The van der Waals surface area contributed by atoms with Crippen molar-refractivity contribution in [2.75, 3.05) is 13.1 Å². The van der Waals surface area contributed by atoms with E-state index in [0.717, 1.165) is 0 Å². The Balaban J connectivity index is 2.09. The zero-order valence-electron chi connectivity index (χ0n) is 9.82. The standard InChI is InChI=1S/C11H14ClF2N3O/c1-5-8(12)9(14)10(16-5)11(18)17-7-2-3-15-4-6(7)13/h6-7,15-16H,2-4H2,1H3,(H,17,18)/t6-,7-/m1/s1. The maximum atomic E-state index is 13.6. The van der Waals surface area contributed by atoms with Crippen LogP contribution in [0.4, 0.5) is 8.78 Å². The molecule has 0 bridgehead atoms. The molecule has 0 aromatic carbocycles. The van der Waals surface area contributed by atoms with Crippen molar-refractivity contribution in [3.05, 3.63) is 22.2 Å². The first kappa shape index (κ1) is 13.3. The van der Waals surface area contributed by atoms with Crippen molar-refractivity contribution in [1.29, 1.82) is 0 Å². The fraction of sp³-hybridized carbons (Fsp3) is 0.545. The van der Waals surface area contributed by atoms with Gasteiger partial charge in [0.25, 0.3) is 5.91 Å². The van der Waals surface area contributed by atoms with Crippen molar-refractivity contribution in [2.24, 2.45) is 0 Å². The first-order chi connectivity index (χ1) is 8.50. The van der Waals surface area contributed by atoms with E-state index >= 15 is 0 Å². The minimum atomic E-state index is -1.17. The highest BCUT2D eigenvalue weighted by Crippen LogP contribution is 2.22. The molecule has 1 aromatic heterocycles. The Labute approximate surface area is 108 Å². The van der Waals surface area contributed by atoms with Crippen molar-refractivity contribution in [3.63, 3.8) is 0 Å². The summed E-state index contributed by atoms with van der Waals surface area (Å²) in [7, 11) is 0. The summed E-state index contributed by atoms with van der Waals surface area (Å²) in [4.78, 5) is 14.4. The van der Waals surface area contributed by atoms with Gasteiger partial charge in [-0.3, -0.25) is 4.79 Å². The highest BCUT2D eigenvalue weighted by Gasteiger charge is 2.28. The summed E-state index contributed by atoms with van der Waals surface area (Å²) in [6.45, 7) is 2.38. The third-order valence-corrected chi connectivity index (χ3v) is 3.45. The van der Waals surface area contributed by atoms with Crippen LogP contribution in [-0.2, 0) is 0 Å². The Morgan fingerprint density at radius 1 is 1.56 bits per heavy atom. The van der Waals surface area contributed by atoms with Gasteiger partial charge in [-0.25, -0.2) is 8.78 Å². The zero-order chi connectivity index (χ0) is 13.3. The molecule has 0 aliphatic carbocycles. The number of halogens is 3. The SMILES string of the molecule is Cc1[nH]c(C(=O)N[C@@H]2CCNC[C@H]2F)c(F)c1Cl. The number of amides is 1. The van der Waals surface area contributed by atoms with Crippen molar-refractivity contribution in [2.45, 2.75) is 25.6 Å². The fourth-order valence-electron chi connectivity index (χ4n) is 1.95. The van der Waals surface area contributed by atoms with E-state index in [9.17, 15) is 13.6 Å². The molecule has 1 aliphatic heterocycles. The average Bonchev–Trinajstić information content (AvgIpc) is 2.60. The zero-order valence-corrected chi connectivity index (χ0v) is 10.6. The van der Waals surface area contributed by atoms with Crippen molar-refractivity contribution >= 4 is 17.5 Å². The lowest BCUT2D eigenvalue weighted by atomic mass is 10.0. The van der Waals surface area contributed by atoms with Gasteiger partial charge in [-0.1, -0.05) is 11.6 Å². The molecule has 7 heteroatoms. The molecule has 1 amide bonds. The van der Waals surface area contributed by atoms with Crippen LogP contribution >= 0.6 is 11.6 Å². The van der Waals surface area contributed by atoms with Crippen LogP contribution in [0.3, 0.4) is 0 Å². The summed E-state index contributed by atoms with van der Waals surface area (Å²) in [6.07, 6.45) is -0.695. The minimum absolute atomic E-state index is 0.109. The molecule has 2 atom stereocenters. The largest absolute Gasteiger partial charge is 0.351 e. The first-order valence-corrected chi connectivity index (χ1v) is 6.07. The van der Waals surface area contributed by atoms with E-state index in [4.69, 9.17) is 11.6 Å². The molecule has 100 valence electrons. The van der Waals surface area contributed by atoms with Gasteiger partial charge in [0.15, 0.2) is 5.82 Å². The van der Waals surface area contributed by atoms with Gasteiger partial charge in [-0.2, -0.15) is 0 Å². The summed E-state index contributed by atoms with van der Waals surface area (Å²) in [6, 6.07) is -0.597. The van der Waals surface area contributed by atoms with E-state index in [2.05, 4.69) is 15.6 Å². The number of hydrogen-bond acceptors (Lipinski definition) is 2. The van der Waals surface area contributed by atoms with Gasteiger partial charge in [-0.15, -0.1) is 0 Å². The Kier molecular flexibility index (Phi) is 3.87. The summed E-state index contributed by atoms with van der Waals surface area (Å²) >= 11 is 5.64. The van der Waals surface area contributed by atoms with Crippen LogP contribution in [0.25, 0.3) is 0 Å². The molecule has 1 aromatic rings. The number of hydrogen-bond donors (Lipinski definition) is 3. The predicted molar refractivity (Wildman–Crippen MR) is 64.1 cm³/mol. The molecule has 1 fully saturated rings. The number of carbonyl (C=O) groups is 1. The third-order valence-electron chi connectivity index (χ3n) is 3.01. The summed E-state index contributed by atoms with van der Waals surface area (Å²) in [5.41, 5.74) is 0.129. The Hall–Kier alpha value is -1.14. The molecule has 0 unspecified atom stereocenters. The van der Waals surface area contributed by atoms with E-state index in [1.54, 1.807) is 6.92 Å². The maximum Gasteiger partial charge on any atom is 0.271 e. The molecule has 4 nitrogen and oxygen atoms in total. The van der Waals surface area contributed by atoms with E-state index in [1.165, 1.54) is 0 Å². The van der Waals surface area contributed by atoms with E-state index < -0.39 is 23.9 Å². The Bertz CT molecular complexity index is 463. The average molecular weight is 278 g/mol. The number of rotatable bonds is 2. The number of aromatic nitrogens is 1. The molecule has 0 radical (unpaired) electrons. The second-order valence-electron chi connectivity index (χ2n) is 4.34. The van der Waals surface area contributed by atoms with E-state index in [1.807, 2.05) is 0 Å². The van der Waals surface area contributed by atoms with E-state index in [-0.39, 0.29) is 17.3 Å². The number of alkyl halides is 1. The molecule has 2 heterocycles. The summed E-state index contributed by atoms with van der Waals surface area (Å²) < 4.78 is 27.1. The number of piperidine rings is 1. The second kappa shape index (κ2) is 5.24. The topological polar surface area (TPSA) is 56.9 Å². The molecule has 18 heavy (non-hydrogen) atoms. The van der Waals surface area contributed by atoms with Crippen LogP contribution < -0.4 is 10.6 Å². The lowest BCUT2D eigenvalue weighted by Gasteiger charge is -2.27. The number of nitrogens with one attached hydrogen (secondary N) is 3. The highest BCUT2D eigenvalue weighted by atomic mass is 35.5. The first-order valence-electron chi connectivity index (χ1n) is 5.70. The molecular formula is C11H14ClF2N3O. The molecule has 0 spiro atoms. The van der Waals surface area contributed by atoms with Crippen molar-refractivity contribution in [3.8, 4) is 0 Å². The van der Waals surface area contributed by atoms with Crippen LogP contribution in [0, 0.1) is 12.7 Å². The molecule has 1 saturated heterocycles. The Morgan fingerprint density at radius 2 is 2.28 bits per heavy atom. The molecule has 3 N–H and O–H groups in total. The van der Waals surface area contributed by atoms with Crippen LogP contribution in [0.1, 0.15) is 22.6 Å². The lowest BCUT2D eigenvalue weighted by molar-refractivity contribution is 0.0883. The summed E-state index contributed by atoms with van der Waals surface area (Å²) in [5.74, 6) is -1.46. The van der Waals surface area contributed by atoms with Gasteiger partial charge in [0, 0.05) is 12.2 Å². The van der Waals surface area contributed by atoms with Gasteiger partial charge in [0.05, 0.1) is 11.1 Å². The van der Waals surface area contributed by atoms with Gasteiger partial charge in [0.1, 0.15) is 11.9 Å². The number of H-pyrrole nitrogens is 1. The number of carbonyl (C=O) groups excluding carboxylic acids is 1. The highest BCUT2D eigenvalue weighted by molar-refractivity contribution is 6.31.